The molecule has 0 bridgehead atoms. The zero-order chi connectivity index (χ0) is 12.5. The Hall–Kier alpha value is -2.60. The summed E-state index contributed by atoms with van der Waals surface area (Å²) >= 11 is 0. The van der Waals surface area contributed by atoms with Crippen LogP contribution in [0.4, 0.5) is 0 Å². The van der Waals surface area contributed by atoms with Crippen LogP contribution in [0.5, 0.6) is 0 Å². The predicted octanol–water partition coefficient (Wildman–Crippen LogP) is 3.21. The molecule has 0 atom stereocenters. The Balaban J connectivity index is 2.37. The van der Waals surface area contributed by atoms with Crippen LogP contribution < -0.4 is 0 Å². The number of aryl methyl sites for hydroxylation is 1. The Morgan fingerprint density at radius 3 is 2.78 bits per heavy atom. The molecule has 1 heterocycles. The average Bonchev–Trinajstić information content (AvgIpc) is 2.82. The highest BCUT2D eigenvalue weighted by Gasteiger charge is 2.11. The van der Waals surface area contributed by atoms with E-state index in [-0.39, 0.29) is 0 Å². The number of benzene rings is 2. The number of para-hydroxylation sites is 2. The van der Waals surface area contributed by atoms with E-state index in [1.807, 2.05) is 60.3 Å². The van der Waals surface area contributed by atoms with E-state index in [2.05, 4.69) is 11.2 Å². The first-order valence-corrected chi connectivity index (χ1v) is 5.74. The highest BCUT2D eigenvalue weighted by Crippen LogP contribution is 2.23. The van der Waals surface area contributed by atoms with E-state index in [1.54, 1.807) is 0 Å². The van der Waals surface area contributed by atoms with Gasteiger partial charge in [0, 0.05) is 5.39 Å². The summed E-state index contributed by atoms with van der Waals surface area (Å²) in [7, 11) is 0. The van der Waals surface area contributed by atoms with Crippen LogP contribution in [0.1, 0.15) is 11.1 Å². The van der Waals surface area contributed by atoms with Crippen molar-refractivity contribution in [1.82, 2.24) is 9.78 Å². The highest BCUT2D eigenvalue weighted by atomic mass is 15.3. The van der Waals surface area contributed by atoms with Gasteiger partial charge in [-0.3, -0.25) is 0 Å². The third-order valence-corrected chi connectivity index (χ3v) is 3.05. The maximum absolute atomic E-state index is 9.22. The van der Waals surface area contributed by atoms with Crippen LogP contribution in [0.15, 0.2) is 48.7 Å². The molecule has 3 aromatic rings. The Bertz CT molecular complexity index is 763. The van der Waals surface area contributed by atoms with Crippen molar-refractivity contribution in [2.24, 2.45) is 0 Å². The molecule has 3 nitrogen and oxygen atoms in total. The van der Waals surface area contributed by atoms with Crippen molar-refractivity contribution in [3.8, 4) is 11.8 Å². The van der Waals surface area contributed by atoms with E-state index < -0.39 is 0 Å². The lowest BCUT2D eigenvalue weighted by Gasteiger charge is -2.09. The van der Waals surface area contributed by atoms with Crippen molar-refractivity contribution in [2.45, 2.75) is 6.92 Å². The van der Waals surface area contributed by atoms with Crippen molar-refractivity contribution in [1.29, 1.82) is 5.26 Å². The summed E-state index contributed by atoms with van der Waals surface area (Å²) in [5, 5.41) is 14.7. The lowest BCUT2D eigenvalue weighted by molar-refractivity contribution is 0.898. The number of fused-ring (bicyclic) bond motifs is 1. The van der Waals surface area contributed by atoms with Gasteiger partial charge < -0.3 is 0 Å². The molecule has 0 saturated heterocycles. The van der Waals surface area contributed by atoms with E-state index in [0.29, 0.717) is 5.56 Å². The molecule has 1 aromatic heterocycles. The molecule has 0 aliphatic rings. The van der Waals surface area contributed by atoms with Crippen molar-refractivity contribution in [3.63, 3.8) is 0 Å². The van der Waals surface area contributed by atoms with Crippen LogP contribution in [0.2, 0.25) is 0 Å². The molecule has 86 valence electrons. The van der Waals surface area contributed by atoms with E-state index in [9.17, 15) is 5.26 Å². The minimum absolute atomic E-state index is 0.642. The fourth-order valence-corrected chi connectivity index (χ4v) is 2.18. The van der Waals surface area contributed by atoms with Crippen LogP contribution >= 0.6 is 0 Å². The fourth-order valence-electron chi connectivity index (χ4n) is 2.18. The number of hydrogen-bond donors (Lipinski definition) is 0. The van der Waals surface area contributed by atoms with Gasteiger partial charge in [-0.15, -0.1) is 0 Å². The molecule has 2 aromatic carbocycles. The van der Waals surface area contributed by atoms with Gasteiger partial charge in [0.05, 0.1) is 23.0 Å². The van der Waals surface area contributed by atoms with E-state index in [0.717, 1.165) is 22.2 Å². The molecule has 0 N–H and O–H groups in total. The molecule has 0 unspecified atom stereocenters. The van der Waals surface area contributed by atoms with Gasteiger partial charge in [0.15, 0.2) is 0 Å². The van der Waals surface area contributed by atoms with Gasteiger partial charge >= 0.3 is 0 Å². The molecule has 0 saturated carbocycles. The average molecular weight is 233 g/mol. The highest BCUT2D eigenvalue weighted by molar-refractivity contribution is 5.81. The van der Waals surface area contributed by atoms with Crippen molar-refractivity contribution in [2.75, 3.05) is 0 Å². The Morgan fingerprint density at radius 2 is 1.94 bits per heavy atom. The van der Waals surface area contributed by atoms with Gasteiger partial charge in [0.25, 0.3) is 0 Å². The van der Waals surface area contributed by atoms with Crippen molar-refractivity contribution < 1.29 is 0 Å². The van der Waals surface area contributed by atoms with Crippen LogP contribution in [-0.4, -0.2) is 9.78 Å². The Labute approximate surface area is 105 Å². The summed E-state index contributed by atoms with van der Waals surface area (Å²) < 4.78 is 1.84. The second-order valence-corrected chi connectivity index (χ2v) is 4.20. The molecule has 0 aliphatic heterocycles. The summed E-state index contributed by atoms with van der Waals surface area (Å²) in [6.45, 7) is 1.99. The molecule has 3 rings (SSSR count). The van der Waals surface area contributed by atoms with Crippen LogP contribution in [0.3, 0.4) is 0 Å². The first-order valence-electron chi connectivity index (χ1n) is 5.74. The number of hydrogen-bond acceptors (Lipinski definition) is 2. The molecule has 18 heavy (non-hydrogen) atoms. The molecular weight excluding hydrogens is 222 g/mol. The lowest BCUT2D eigenvalue weighted by Crippen LogP contribution is -2.01. The standard InChI is InChI=1S/C15H11N3/c1-11-5-4-7-12(9-16)15(11)18-14-8-3-2-6-13(14)10-17-18/h2-8,10H,1H3. The summed E-state index contributed by atoms with van der Waals surface area (Å²) in [6, 6.07) is 15.9. The first-order chi connectivity index (χ1) is 8.81. The maximum Gasteiger partial charge on any atom is 0.101 e. The van der Waals surface area contributed by atoms with Gasteiger partial charge in [-0.05, 0) is 24.6 Å². The number of nitriles is 1. The third kappa shape index (κ3) is 1.47. The van der Waals surface area contributed by atoms with Crippen LogP contribution in [-0.2, 0) is 0 Å². The zero-order valence-electron chi connectivity index (χ0n) is 9.96. The molecule has 0 radical (unpaired) electrons. The second kappa shape index (κ2) is 4.01. The third-order valence-electron chi connectivity index (χ3n) is 3.05. The molecule has 0 spiro atoms. The normalized spacial score (nSPS) is 10.4. The van der Waals surface area contributed by atoms with Crippen molar-refractivity contribution in [3.05, 3.63) is 59.8 Å². The van der Waals surface area contributed by atoms with Gasteiger partial charge in [-0.1, -0.05) is 30.3 Å². The fraction of sp³-hybridized carbons (Fsp3) is 0.0667. The summed E-state index contributed by atoms with van der Waals surface area (Å²) in [4.78, 5) is 0. The number of rotatable bonds is 1. The zero-order valence-corrected chi connectivity index (χ0v) is 9.96. The molecule has 0 fully saturated rings. The quantitative estimate of drug-likeness (QED) is 0.647. The number of nitrogens with zero attached hydrogens (tertiary/aromatic N) is 3. The monoisotopic (exact) mass is 233 g/mol. The van der Waals surface area contributed by atoms with Gasteiger partial charge in [0.2, 0.25) is 0 Å². The first kappa shape index (κ1) is 10.5. The molecule has 0 aliphatic carbocycles. The minimum Gasteiger partial charge on any atom is -0.231 e. The summed E-state index contributed by atoms with van der Waals surface area (Å²) in [5.74, 6) is 0. The van der Waals surface area contributed by atoms with Gasteiger partial charge in [-0.2, -0.15) is 10.4 Å². The summed E-state index contributed by atoms with van der Waals surface area (Å²) in [6.07, 6.45) is 1.82. The lowest BCUT2D eigenvalue weighted by atomic mass is 10.1. The van der Waals surface area contributed by atoms with E-state index in [4.69, 9.17) is 0 Å². The predicted molar refractivity (Wildman–Crippen MR) is 70.5 cm³/mol. The number of aromatic nitrogens is 2. The van der Waals surface area contributed by atoms with Crippen molar-refractivity contribution >= 4 is 10.9 Å². The topological polar surface area (TPSA) is 41.6 Å². The Morgan fingerprint density at radius 1 is 1.11 bits per heavy atom. The SMILES string of the molecule is Cc1cccc(C#N)c1-n1ncc2ccccc21. The molecule has 3 heteroatoms. The van der Waals surface area contributed by atoms with Gasteiger partial charge in [-0.25, -0.2) is 4.68 Å². The smallest absolute Gasteiger partial charge is 0.101 e. The van der Waals surface area contributed by atoms with Crippen LogP contribution in [0.25, 0.3) is 16.6 Å². The Kier molecular flexibility index (Phi) is 2.35. The van der Waals surface area contributed by atoms with Gasteiger partial charge in [0.1, 0.15) is 6.07 Å². The largest absolute Gasteiger partial charge is 0.231 e. The maximum atomic E-state index is 9.22. The molecule has 0 amide bonds. The minimum atomic E-state index is 0.642. The molecular formula is C15H11N3. The van der Waals surface area contributed by atoms with Crippen LogP contribution in [0, 0.1) is 18.3 Å². The summed E-state index contributed by atoms with van der Waals surface area (Å²) in [5.41, 5.74) is 3.57. The van der Waals surface area contributed by atoms with E-state index in [1.165, 1.54) is 0 Å². The van der Waals surface area contributed by atoms with E-state index >= 15 is 0 Å². The second-order valence-electron chi connectivity index (χ2n) is 4.20.